The van der Waals surface area contributed by atoms with Gasteiger partial charge in [0.1, 0.15) is 0 Å². The summed E-state index contributed by atoms with van der Waals surface area (Å²) in [5, 5.41) is 0. The van der Waals surface area contributed by atoms with Crippen LogP contribution in [0.15, 0.2) is 18.2 Å². The summed E-state index contributed by atoms with van der Waals surface area (Å²) < 4.78 is 0. The number of benzene rings is 1. The van der Waals surface area contributed by atoms with Gasteiger partial charge in [0.05, 0.1) is 5.56 Å². The highest BCUT2D eigenvalue weighted by molar-refractivity contribution is 6.00. The number of nitrogens with zero attached hydrogens (tertiary/aromatic N) is 1. The molecule has 3 heteroatoms. The highest BCUT2D eigenvalue weighted by atomic mass is 16.2. The number of nitrogens with two attached hydrogens (primary N) is 1. The van der Waals surface area contributed by atoms with Crippen molar-refractivity contribution in [2.45, 2.75) is 38.6 Å². The summed E-state index contributed by atoms with van der Waals surface area (Å²) in [6.07, 6.45) is 4.69. The van der Waals surface area contributed by atoms with Gasteiger partial charge < -0.3 is 10.6 Å². The Labute approximate surface area is 103 Å². The molecule has 1 amide bonds. The van der Waals surface area contributed by atoms with Gasteiger partial charge in [0.15, 0.2) is 0 Å². The third-order valence-electron chi connectivity index (χ3n) is 3.71. The van der Waals surface area contributed by atoms with E-state index in [4.69, 9.17) is 5.73 Å². The molecular weight excluding hydrogens is 212 g/mol. The number of nitrogen functional groups attached to an aromatic ring is 1. The van der Waals surface area contributed by atoms with Gasteiger partial charge >= 0.3 is 0 Å². The van der Waals surface area contributed by atoms with Crippen molar-refractivity contribution in [2.24, 2.45) is 0 Å². The van der Waals surface area contributed by atoms with E-state index in [1.807, 2.05) is 31.0 Å². The molecule has 0 radical (unpaired) electrons. The van der Waals surface area contributed by atoms with E-state index in [-0.39, 0.29) is 5.91 Å². The molecule has 1 aliphatic carbocycles. The van der Waals surface area contributed by atoms with Crippen molar-refractivity contribution in [3.8, 4) is 0 Å². The number of rotatable bonds is 2. The Morgan fingerprint density at radius 1 is 1.35 bits per heavy atom. The maximum absolute atomic E-state index is 12.4. The smallest absolute Gasteiger partial charge is 0.256 e. The van der Waals surface area contributed by atoms with Crippen molar-refractivity contribution in [1.82, 2.24) is 4.90 Å². The van der Waals surface area contributed by atoms with Crippen molar-refractivity contribution >= 4 is 11.6 Å². The van der Waals surface area contributed by atoms with Crippen molar-refractivity contribution in [1.29, 1.82) is 0 Å². The Bertz CT molecular complexity index is 402. The molecule has 3 nitrogen and oxygen atoms in total. The van der Waals surface area contributed by atoms with Gasteiger partial charge in [0, 0.05) is 18.8 Å². The molecule has 0 atom stereocenters. The number of carbonyl (C=O) groups is 1. The fourth-order valence-electron chi connectivity index (χ4n) is 2.62. The summed E-state index contributed by atoms with van der Waals surface area (Å²) in [6, 6.07) is 6.01. The SMILES string of the molecule is Cc1cccc(N)c1C(=O)N(C)C1CCCC1. The zero-order valence-electron chi connectivity index (χ0n) is 10.6. The van der Waals surface area contributed by atoms with Gasteiger partial charge in [-0.3, -0.25) is 4.79 Å². The first-order chi connectivity index (χ1) is 8.11. The van der Waals surface area contributed by atoms with Gasteiger partial charge in [-0.05, 0) is 31.4 Å². The van der Waals surface area contributed by atoms with E-state index in [0.717, 1.165) is 18.4 Å². The lowest BCUT2D eigenvalue weighted by Crippen LogP contribution is -2.35. The van der Waals surface area contributed by atoms with E-state index in [0.29, 0.717) is 17.3 Å². The van der Waals surface area contributed by atoms with Crippen LogP contribution in [0.2, 0.25) is 0 Å². The minimum absolute atomic E-state index is 0.0625. The largest absolute Gasteiger partial charge is 0.398 e. The maximum Gasteiger partial charge on any atom is 0.256 e. The van der Waals surface area contributed by atoms with Crippen LogP contribution in [-0.2, 0) is 0 Å². The van der Waals surface area contributed by atoms with E-state index >= 15 is 0 Å². The lowest BCUT2D eigenvalue weighted by molar-refractivity contribution is 0.0735. The summed E-state index contributed by atoms with van der Waals surface area (Å²) in [5.41, 5.74) is 8.12. The minimum atomic E-state index is 0.0625. The summed E-state index contributed by atoms with van der Waals surface area (Å²) in [4.78, 5) is 14.3. The Balaban J connectivity index is 2.24. The number of hydrogen-bond acceptors (Lipinski definition) is 2. The molecule has 1 fully saturated rings. The van der Waals surface area contributed by atoms with Gasteiger partial charge in [-0.2, -0.15) is 0 Å². The highest BCUT2D eigenvalue weighted by Gasteiger charge is 2.25. The number of amides is 1. The summed E-state index contributed by atoms with van der Waals surface area (Å²) in [7, 11) is 1.89. The topological polar surface area (TPSA) is 46.3 Å². The zero-order chi connectivity index (χ0) is 12.4. The quantitative estimate of drug-likeness (QED) is 0.797. The minimum Gasteiger partial charge on any atom is -0.398 e. The molecule has 2 N–H and O–H groups in total. The number of hydrogen-bond donors (Lipinski definition) is 1. The molecule has 1 aromatic rings. The molecule has 0 spiro atoms. The first-order valence-corrected chi connectivity index (χ1v) is 6.23. The highest BCUT2D eigenvalue weighted by Crippen LogP contribution is 2.26. The monoisotopic (exact) mass is 232 g/mol. The third-order valence-corrected chi connectivity index (χ3v) is 3.71. The van der Waals surface area contributed by atoms with E-state index in [9.17, 15) is 4.79 Å². The maximum atomic E-state index is 12.4. The molecule has 1 aromatic carbocycles. The summed E-state index contributed by atoms with van der Waals surface area (Å²) in [5.74, 6) is 0.0625. The van der Waals surface area contributed by atoms with E-state index < -0.39 is 0 Å². The van der Waals surface area contributed by atoms with Crippen LogP contribution in [0.25, 0.3) is 0 Å². The zero-order valence-corrected chi connectivity index (χ0v) is 10.6. The second-order valence-corrected chi connectivity index (χ2v) is 4.89. The van der Waals surface area contributed by atoms with Gasteiger partial charge in [-0.25, -0.2) is 0 Å². The summed E-state index contributed by atoms with van der Waals surface area (Å²) in [6.45, 7) is 1.94. The molecule has 0 bridgehead atoms. The first kappa shape index (κ1) is 12.0. The molecular formula is C14H20N2O. The van der Waals surface area contributed by atoms with E-state index in [1.165, 1.54) is 12.8 Å². The lowest BCUT2D eigenvalue weighted by atomic mass is 10.0. The molecule has 17 heavy (non-hydrogen) atoms. The van der Waals surface area contributed by atoms with Crippen LogP contribution in [-0.4, -0.2) is 23.9 Å². The van der Waals surface area contributed by atoms with Gasteiger partial charge in [-0.1, -0.05) is 25.0 Å². The van der Waals surface area contributed by atoms with Crippen LogP contribution in [0.5, 0.6) is 0 Å². The molecule has 0 saturated heterocycles. The Morgan fingerprint density at radius 2 is 2.00 bits per heavy atom. The lowest BCUT2D eigenvalue weighted by Gasteiger charge is -2.25. The first-order valence-electron chi connectivity index (χ1n) is 6.23. The fourth-order valence-corrected chi connectivity index (χ4v) is 2.62. The van der Waals surface area contributed by atoms with Crippen LogP contribution >= 0.6 is 0 Å². The van der Waals surface area contributed by atoms with Crippen molar-refractivity contribution in [3.05, 3.63) is 29.3 Å². The molecule has 1 saturated carbocycles. The van der Waals surface area contributed by atoms with Crippen LogP contribution in [0.3, 0.4) is 0 Å². The van der Waals surface area contributed by atoms with Crippen LogP contribution < -0.4 is 5.73 Å². The second kappa shape index (κ2) is 4.78. The Hall–Kier alpha value is -1.51. The van der Waals surface area contributed by atoms with Gasteiger partial charge in [0.25, 0.3) is 5.91 Å². The van der Waals surface area contributed by atoms with Crippen molar-refractivity contribution in [2.75, 3.05) is 12.8 Å². The number of aryl methyl sites for hydroxylation is 1. The number of carbonyl (C=O) groups excluding carboxylic acids is 1. The average Bonchev–Trinajstić information content (AvgIpc) is 2.81. The predicted octanol–water partition coefficient (Wildman–Crippen LogP) is 2.59. The number of anilines is 1. The van der Waals surface area contributed by atoms with Crippen molar-refractivity contribution < 1.29 is 4.79 Å². The molecule has 0 unspecified atom stereocenters. The normalized spacial score (nSPS) is 16.1. The molecule has 2 rings (SSSR count). The third kappa shape index (κ3) is 2.28. The fraction of sp³-hybridized carbons (Fsp3) is 0.500. The molecule has 0 aliphatic heterocycles. The van der Waals surface area contributed by atoms with E-state index in [1.54, 1.807) is 6.07 Å². The van der Waals surface area contributed by atoms with Crippen molar-refractivity contribution in [3.63, 3.8) is 0 Å². The van der Waals surface area contributed by atoms with Crippen LogP contribution in [0, 0.1) is 6.92 Å². The van der Waals surface area contributed by atoms with E-state index in [2.05, 4.69) is 0 Å². The molecule has 92 valence electrons. The van der Waals surface area contributed by atoms with Crippen LogP contribution in [0.1, 0.15) is 41.6 Å². The average molecular weight is 232 g/mol. The molecule has 0 heterocycles. The summed E-state index contributed by atoms with van der Waals surface area (Å²) >= 11 is 0. The Kier molecular flexibility index (Phi) is 3.36. The molecule has 0 aromatic heterocycles. The predicted molar refractivity (Wildman–Crippen MR) is 69.9 cm³/mol. The van der Waals surface area contributed by atoms with Gasteiger partial charge in [-0.15, -0.1) is 0 Å². The van der Waals surface area contributed by atoms with Gasteiger partial charge in [0.2, 0.25) is 0 Å². The molecule has 1 aliphatic rings. The second-order valence-electron chi connectivity index (χ2n) is 4.89. The van der Waals surface area contributed by atoms with Crippen LogP contribution in [0.4, 0.5) is 5.69 Å². The Morgan fingerprint density at radius 3 is 2.59 bits per heavy atom. The standard InChI is InChI=1S/C14H20N2O/c1-10-6-5-9-12(15)13(10)14(17)16(2)11-7-3-4-8-11/h5-6,9,11H,3-4,7-8,15H2,1-2H3.